The number of hydrogen-bond acceptors (Lipinski definition) is 12. The largest absolute Gasteiger partial charge is 0.497 e. The summed E-state index contributed by atoms with van der Waals surface area (Å²) in [6.45, 7) is 9.19. The van der Waals surface area contributed by atoms with Crippen LogP contribution in [0.4, 0.5) is 10.8 Å². The van der Waals surface area contributed by atoms with Crippen molar-refractivity contribution < 1.29 is 32.3 Å². The van der Waals surface area contributed by atoms with Gasteiger partial charge in [0.15, 0.2) is 10.6 Å². The lowest BCUT2D eigenvalue weighted by Crippen LogP contribution is -2.47. The molecule has 7 N–H and O–H groups in total. The van der Waals surface area contributed by atoms with E-state index in [1.165, 1.54) is 22.3 Å². The van der Waals surface area contributed by atoms with Crippen molar-refractivity contribution in [2.75, 3.05) is 37.9 Å². The lowest BCUT2D eigenvalue weighted by molar-refractivity contribution is -0.143. The zero-order valence-corrected chi connectivity index (χ0v) is 39.1. The Morgan fingerprint density at radius 2 is 1.80 bits per heavy atom. The molecule has 0 radical (unpaired) electrons. The zero-order valence-electron chi connectivity index (χ0n) is 37.4. The molecule has 1 unspecified atom stereocenters. The second-order valence-electron chi connectivity index (χ2n) is 16.8. The molecule has 1 saturated heterocycles. The maximum Gasteiger partial charge on any atom is 0.266 e. The maximum atomic E-state index is 12.5. The number of allylic oxidation sites excluding steroid dienone is 2. The zero-order chi connectivity index (χ0) is 46.6. The van der Waals surface area contributed by atoms with Crippen molar-refractivity contribution in [1.82, 2.24) is 24.9 Å². The van der Waals surface area contributed by atoms with E-state index in [0.717, 1.165) is 61.4 Å². The number of nitrogens with two attached hydrogens (primary N) is 1. The van der Waals surface area contributed by atoms with Gasteiger partial charge in [-0.3, -0.25) is 24.0 Å². The molecule has 18 heteroatoms. The van der Waals surface area contributed by atoms with Crippen LogP contribution in [-0.2, 0) is 29.2 Å². The van der Waals surface area contributed by atoms with Crippen LogP contribution < -0.4 is 36.6 Å². The number of carbonyl (C=O) groups excluding carboxylic acids is 4. The van der Waals surface area contributed by atoms with Crippen molar-refractivity contribution in [2.24, 2.45) is 29.4 Å². The molecule has 1 aliphatic carbocycles. The maximum absolute atomic E-state index is 12.5. The molecule has 7 rings (SSSR count). The molecule has 346 valence electrons. The third-order valence-corrected chi connectivity index (χ3v) is 13.4. The van der Waals surface area contributed by atoms with Crippen molar-refractivity contribution in [2.45, 2.75) is 96.0 Å². The Balaban J connectivity index is 0.000000182. The van der Waals surface area contributed by atoms with Crippen LogP contribution in [0.5, 0.6) is 5.75 Å². The number of aromatic amines is 1. The monoisotopic (exact) mass is 918 g/mol. The van der Waals surface area contributed by atoms with Crippen molar-refractivity contribution in [3.8, 4) is 17.1 Å². The van der Waals surface area contributed by atoms with E-state index in [9.17, 15) is 32.4 Å². The third kappa shape index (κ3) is 13.4. The second-order valence-corrected chi connectivity index (χ2v) is 19.3. The molecule has 4 amide bonds. The number of H-pyrrole nitrogens is 1. The Labute approximate surface area is 379 Å². The topological polar surface area (TPSA) is 235 Å². The standard InChI is InChI=1S/C17H22N2O3S.C16H17N3O2S.C13H23N3O3/c20-17-14-12-13(14)8-4-2-1-3-7-11-18-15-9-5-6-10-16(15)23(21,22)19-17;1-9(2)17-16-19-14(8-22-16)13-7-15(20)11-5-4-10(21-3)6-12(11)18-13;1-8(2)9(7-11(17)15-3)13(19)16-6-4-5-10(16)12(14)18/h4-6,8-10,13-14,18H,1-3,7,11-12H2,(H,19,20);4-9H,1-3H3,(H,17,19)(H,18,20);8-10H,4-7H2,1-3H3,(H2,14,18)(H,15,17)/b8-4-;;/t13-,14+;;9?,10-/m1.0/s1. The fourth-order valence-corrected chi connectivity index (χ4v) is 9.62. The summed E-state index contributed by atoms with van der Waals surface area (Å²) in [5.74, 6) is -0.853. The molecule has 2 fully saturated rings. The van der Waals surface area contributed by atoms with Gasteiger partial charge in [0.25, 0.3) is 10.0 Å². The van der Waals surface area contributed by atoms with Crippen LogP contribution in [0, 0.1) is 23.7 Å². The summed E-state index contributed by atoms with van der Waals surface area (Å²) in [6, 6.07) is 13.5. The number of ether oxygens (including phenoxy) is 1. The number of carbonyl (C=O) groups is 4. The molecule has 2 aromatic carbocycles. The van der Waals surface area contributed by atoms with Gasteiger partial charge in [0.1, 0.15) is 16.7 Å². The van der Waals surface area contributed by atoms with Gasteiger partial charge in [0, 0.05) is 67.3 Å². The van der Waals surface area contributed by atoms with Gasteiger partial charge in [-0.1, -0.05) is 44.6 Å². The molecule has 3 aliphatic rings. The highest BCUT2D eigenvalue weighted by molar-refractivity contribution is 7.90. The summed E-state index contributed by atoms with van der Waals surface area (Å²) < 4.78 is 32.5. The van der Waals surface area contributed by atoms with Crippen molar-refractivity contribution in [3.63, 3.8) is 0 Å². The molecule has 16 nitrogen and oxygen atoms in total. The predicted molar refractivity (Wildman–Crippen MR) is 251 cm³/mol. The number of likely N-dealkylation sites (tertiary alicyclic amines) is 1. The van der Waals surface area contributed by atoms with Crippen LogP contribution in [0.15, 0.2) is 75.8 Å². The minimum Gasteiger partial charge on any atom is -0.497 e. The van der Waals surface area contributed by atoms with Gasteiger partial charge in [-0.2, -0.15) is 0 Å². The highest BCUT2D eigenvalue weighted by Gasteiger charge is 2.43. The van der Waals surface area contributed by atoms with E-state index in [2.05, 4.69) is 56.6 Å². The van der Waals surface area contributed by atoms with Crippen LogP contribution in [-0.4, -0.2) is 86.2 Å². The van der Waals surface area contributed by atoms with E-state index in [1.807, 2.05) is 25.3 Å². The summed E-state index contributed by atoms with van der Waals surface area (Å²) in [6.07, 6.45) is 10.7. The fraction of sp³-hybridized carbons (Fsp3) is 0.478. The number of hydrogen-bond donors (Lipinski definition) is 6. The SMILES string of the molecule is CNC(=O)CC(C(=O)N1CCC[C@H]1C(N)=O)C(C)C.COc1ccc2c(=O)cc(-c3csc(NC(C)C)n3)[nH]c2c1.O=C1NS(=O)(=O)c2ccccc2NCCCCC/C=C\[C@@H]2C[C@H]12. The van der Waals surface area contributed by atoms with Crippen molar-refractivity contribution >= 4 is 66.7 Å². The first kappa shape index (κ1) is 49.3. The average molecular weight is 919 g/mol. The van der Waals surface area contributed by atoms with Crippen LogP contribution >= 0.6 is 11.3 Å². The highest BCUT2D eigenvalue weighted by Crippen LogP contribution is 2.40. The number of benzene rings is 2. The van der Waals surface area contributed by atoms with Gasteiger partial charge in [-0.05, 0) is 88.5 Å². The Kier molecular flexibility index (Phi) is 17.5. The third-order valence-electron chi connectivity index (χ3n) is 11.2. The molecule has 1 saturated carbocycles. The number of sulfonamides is 1. The molecular weight excluding hydrogens is 857 g/mol. The van der Waals surface area contributed by atoms with Gasteiger partial charge in [0.05, 0.1) is 29.7 Å². The summed E-state index contributed by atoms with van der Waals surface area (Å²) >= 11 is 1.52. The molecule has 4 aromatic rings. The first-order valence-corrected chi connectivity index (χ1v) is 24.2. The number of methoxy groups -OCH3 is 1. The number of nitrogens with one attached hydrogen (secondary N) is 5. The first-order valence-electron chi connectivity index (χ1n) is 21.8. The molecule has 0 spiro atoms. The molecular formula is C46H62N8O8S2. The number of primary amides is 1. The van der Waals surface area contributed by atoms with E-state index in [-0.39, 0.29) is 46.3 Å². The normalized spacial score (nSPS) is 20.2. The number of thiazole rings is 1. The quantitative estimate of drug-likeness (QED) is 0.106. The van der Waals surface area contributed by atoms with Crippen LogP contribution in [0.25, 0.3) is 22.3 Å². The van der Waals surface area contributed by atoms with E-state index in [4.69, 9.17) is 10.5 Å². The predicted octanol–water partition coefficient (Wildman–Crippen LogP) is 6.02. The lowest BCUT2D eigenvalue weighted by atomic mass is 9.90. The fourth-order valence-electron chi connectivity index (χ4n) is 7.55. The van der Waals surface area contributed by atoms with Crippen LogP contribution in [0.2, 0.25) is 0 Å². The minimum absolute atomic E-state index is 0.0298. The second kappa shape index (κ2) is 22.7. The van der Waals surface area contributed by atoms with Gasteiger partial charge in [-0.25, -0.2) is 18.1 Å². The number of para-hydroxylation sites is 1. The molecule has 0 bridgehead atoms. The Morgan fingerprint density at radius 1 is 1.03 bits per heavy atom. The average Bonchev–Trinajstić information content (AvgIpc) is 3.60. The highest BCUT2D eigenvalue weighted by atomic mass is 32.2. The van der Waals surface area contributed by atoms with Crippen molar-refractivity contribution in [1.29, 1.82) is 0 Å². The van der Waals surface area contributed by atoms with Gasteiger partial charge in [-0.15, -0.1) is 11.3 Å². The van der Waals surface area contributed by atoms with E-state index >= 15 is 0 Å². The summed E-state index contributed by atoms with van der Waals surface area (Å²) in [7, 11) is -0.689. The van der Waals surface area contributed by atoms with Crippen LogP contribution in [0.1, 0.15) is 79.1 Å². The Bertz CT molecular complexity index is 2470. The summed E-state index contributed by atoms with van der Waals surface area (Å²) in [5, 5.41) is 12.4. The number of pyridine rings is 1. The smallest absolute Gasteiger partial charge is 0.266 e. The summed E-state index contributed by atoms with van der Waals surface area (Å²) in [5.41, 5.74) is 8.05. The lowest BCUT2D eigenvalue weighted by Gasteiger charge is -2.28. The Morgan fingerprint density at radius 3 is 2.50 bits per heavy atom. The van der Waals surface area contributed by atoms with Gasteiger partial charge < -0.3 is 36.3 Å². The van der Waals surface area contributed by atoms with E-state index < -0.39 is 33.8 Å². The Hall–Kier alpha value is -5.75. The van der Waals surface area contributed by atoms with E-state index in [1.54, 1.807) is 50.6 Å². The number of rotatable bonds is 9. The van der Waals surface area contributed by atoms with Gasteiger partial charge in [0.2, 0.25) is 23.6 Å². The molecule has 4 heterocycles. The van der Waals surface area contributed by atoms with E-state index in [0.29, 0.717) is 41.5 Å². The molecule has 4 atom stereocenters. The molecule has 2 aliphatic heterocycles. The number of nitrogens with zero attached hydrogens (tertiary/aromatic N) is 2. The van der Waals surface area contributed by atoms with Crippen LogP contribution in [0.3, 0.4) is 0 Å². The van der Waals surface area contributed by atoms with Crippen molar-refractivity contribution in [3.05, 3.63) is 76.3 Å². The minimum atomic E-state index is -3.84. The molecule has 64 heavy (non-hydrogen) atoms. The molecule has 2 aromatic heterocycles. The number of amides is 4. The number of anilines is 2. The summed E-state index contributed by atoms with van der Waals surface area (Å²) in [4.78, 5) is 69.2. The first-order chi connectivity index (χ1) is 30.5. The number of fused-ring (bicyclic) bond motifs is 3. The number of aromatic nitrogens is 2. The van der Waals surface area contributed by atoms with Gasteiger partial charge >= 0.3 is 0 Å².